The number of thiophene rings is 2. The van der Waals surface area contributed by atoms with Crippen LogP contribution in [0.5, 0.6) is 0 Å². The first kappa shape index (κ1) is 43.9. The molecule has 0 saturated heterocycles. The zero-order chi connectivity index (χ0) is 49.1. The molecule has 0 atom stereocenters. The molecule has 0 N–H and O–H groups in total. The fourth-order valence-corrected chi connectivity index (χ4v) is 16.0. The van der Waals surface area contributed by atoms with Gasteiger partial charge in [-0.3, -0.25) is 0 Å². The Hall–Kier alpha value is -5.82. The van der Waals surface area contributed by atoms with Crippen molar-refractivity contribution in [2.75, 3.05) is 9.71 Å². The number of furan rings is 1. The van der Waals surface area contributed by atoms with Gasteiger partial charge in [0.25, 0.3) is 0 Å². The fraction of sp³-hybridized carbons (Fsp3) is 0.323. The molecule has 2 aliphatic heterocycles. The molecule has 0 saturated carbocycles. The Morgan fingerprint density at radius 2 is 1.11 bits per heavy atom. The molecule has 354 valence electrons. The van der Waals surface area contributed by atoms with Gasteiger partial charge in [0.05, 0.1) is 11.4 Å². The molecule has 2 aliphatic carbocycles. The van der Waals surface area contributed by atoms with E-state index in [-0.39, 0.29) is 33.9 Å². The third-order valence-corrected chi connectivity index (χ3v) is 20.4. The zero-order valence-corrected chi connectivity index (χ0v) is 45.1. The van der Waals surface area contributed by atoms with Gasteiger partial charge in [-0.1, -0.05) is 131 Å². The van der Waals surface area contributed by atoms with Crippen LogP contribution in [0.25, 0.3) is 63.3 Å². The number of anilines is 5. The van der Waals surface area contributed by atoms with Crippen LogP contribution in [0.2, 0.25) is 0 Å². The van der Waals surface area contributed by atoms with Gasteiger partial charge < -0.3 is 14.1 Å². The van der Waals surface area contributed by atoms with Crippen molar-refractivity contribution in [1.82, 2.24) is 0 Å². The molecule has 3 aromatic heterocycles. The van der Waals surface area contributed by atoms with Gasteiger partial charge in [0.15, 0.2) is 5.58 Å². The molecule has 0 radical (unpaired) electrons. The van der Waals surface area contributed by atoms with Crippen molar-refractivity contribution in [3.63, 3.8) is 0 Å². The quantitative estimate of drug-likeness (QED) is 0.161. The Labute approximate surface area is 427 Å². The van der Waals surface area contributed by atoms with E-state index in [1.165, 1.54) is 138 Å². The van der Waals surface area contributed by atoms with Crippen LogP contribution in [0.1, 0.15) is 135 Å². The highest BCUT2D eigenvalue weighted by molar-refractivity contribution is 7.32. The lowest BCUT2D eigenvalue weighted by molar-refractivity contribution is 0.332. The monoisotopic (exact) mass is 962 g/mol. The summed E-state index contributed by atoms with van der Waals surface area (Å²) in [5.74, 6) is 0. The lowest BCUT2D eigenvalue weighted by atomic mass is 9.46. The van der Waals surface area contributed by atoms with Crippen LogP contribution >= 0.6 is 22.7 Å². The van der Waals surface area contributed by atoms with Crippen molar-refractivity contribution >= 4 is 120 Å². The van der Waals surface area contributed by atoms with Gasteiger partial charge in [-0.15, -0.1) is 22.7 Å². The number of benzene rings is 7. The summed E-state index contributed by atoms with van der Waals surface area (Å²) in [5, 5.41) is 6.31. The number of hydrogen-bond acceptors (Lipinski definition) is 5. The van der Waals surface area contributed by atoms with Gasteiger partial charge >= 0.3 is 6.85 Å². The first-order valence-corrected chi connectivity index (χ1v) is 27.7. The lowest BCUT2D eigenvalue weighted by Gasteiger charge is -2.46. The SMILES string of the molecule is Cc1cc2c(cc1N1c3c(sc4cc5c(cc34)C(C)(C)CCC5(C)C)B3c4c(cc5c(oc6ccccc65)c41)-c1cc4c(cc1N3c1ccc(C(C)(C)C)cc1)sc1ccccc14)C(C)(C)CCC2(C)C. The first-order valence-electron chi connectivity index (χ1n) is 26.1. The molecular formula is C65H63BN2OS2. The summed E-state index contributed by atoms with van der Waals surface area (Å²) in [4.78, 5) is 5.47. The molecular weight excluding hydrogens is 900 g/mol. The largest absolute Gasteiger partial charge is 0.454 e. The molecule has 6 heteroatoms. The van der Waals surface area contributed by atoms with Crippen LogP contribution in [-0.2, 0) is 27.1 Å². The Balaban J connectivity index is 1.19. The van der Waals surface area contributed by atoms with Crippen LogP contribution in [0, 0.1) is 6.92 Å². The highest BCUT2D eigenvalue weighted by atomic mass is 32.1. The van der Waals surface area contributed by atoms with Gasteiger partial charge in [-0.05, 0) is 165 Å². The summed E-state index contributed by atoms with van der Waals surface area (Å²) in [6, 6.07) is 45.4. The summed E-state index contributed by atoms with van der Waals surface area (Å²) in [7, 11) is 0. The van der Waals surface area contributed by atoms with Crippen LogP contribution < -0.4 is 20.0 Å². The summed E-state index contributed by atoms with van der Waals surface area (Å²) in [6.45, 7) is 29.0. The zero-order valence-electron chi connectivity index (χ0n) is 43.5. The van der Waals surface area contributed by atoms with Crippen molar-refractivity contribution < 1.29 is 4.42 Å². The molecule has 0 unspecified atom stereocenters. The van der Waals surface area contributed by atoms with E-state index in [1.807, 2.05) is 22.7 Å². The van der Waals surface area contributed by atoms with Gasteiger partial charge in [0, 0.05) is 68.4 Å². The average molecular weight is 963 g/mol. The van der Waals surface area contributed by atoms with Gasteiger partial charge in [-0.2, -0.15) is 0 Å². The number of nitrogens with zero attached hydrogens (tertiary/aromatic N) is 2. The van der Waals surface area contributed by atoms with E-state index in [0.29, 0.717) is 0 Å². The molecule has 0 bridgehead atoms. The maximum Gasteiger partial charge on any atom is 0.343 e. The molecule has 4 aliphatic rings. The summed E-state index contributed by atoms with van der Waals surface area (Å²) in [6.07, 6.45) is 4.68. The third-order valence-electron chi connectivity index (χ3n) is 18.0. The van der Waals surface area contributed by atoms with E-state index in [9.17, 15) is 0 Å². The topological polar surface area (TPSA) is 19.6 Å². The van der Waals surface area contributed by atoms with E-state index in [1.54, 1.807) is 0 Å². The van der Waals surface area contributed by atoms with E-state index in [0.717, 1.165) is 23.0 Å². The second-order valence-electron chi connectivity index (χ2n) is 25.5. The number of hydrogen-bond donors (Lipinski definition) is 0. The van der Waals surface area contributed by atoms with Crippen LogP contribution in [0.3, 0.4) is 0 Å². The van der Waals surface area contributed by atoms with Crippen LogP contribution in [0.4, 0.5) is 28.4 Å². The molecule has 0 spiro atoms. The average Bonchev–Trinajstić information content (AvgIpc) is 4.02. The van der Waals surface area contributed by atoms with E-state index >= 15 is 0 Å². The summed E-state index contributed by atoms with van der Waals surface area (Å²) in [5.41, 5.74) is 20.9. The van der Waals surface area contributed by atoms with Crippen LogP contribution in [-0.4, -0.2) is 6.85 Å². The van der Waals surface area contributed by atoms with Crippen molar-refractivity contribution in [3.05, 3.63) is 149 Å². The highest BCUT2D eigenvalue weighted by Crippen LogP contribution is 2.58. The Bertz CT molecular complexity index is 3960. The van der Waals surface area contributed by atoms with E-state index < -0.39 is 0 Å². The predicted molar refractivity (Wildman–Crippen MR) is 310 cm³/mol. The van der Waals surface area contributed by atoms with Gasteiger partial charge in [0.2, 0.25) is 0 Å². The van der Waals surface area contributed by atoms with Crippen LogP contribution in [0.15, 0.2) is 120 Å². The van der Waals surface area contributed by atoms with Crippen molar-refractivity contribution in [1.29, 1.82) is 0 Å². The first-order chi connectivity index (χ1) is 33.7. The number of para-hydroxylation sites is 1. The number of aryl methyl sites for hydroxylation is 1. The summed E-state index contributed by atoms with van der Waals surface area (Å²) < 4.78 is 12.8. The highest BCUT2D eigenvalue weighted by Gasteiger charge is 2.50. The third kappa shape index (κ3) is 6.07. The minimum atomic E-state index is -0.132. The second kappa shape index (κ2) is 14.2. The minimum absolute atomic E-state index is 0.0221. The molecule has 7 aromatic carbocycles. The lowest BCUT2D eigenvalue weighted by Crippen LogP contribution is -2.60. The Morgan fingerprint density at radius 3 is 1.80 bits per heavy atom. The number of rotatable bonds is 2. The minimum Gasteiger partial charge on any atom is -0.454 e. The Kier molecular flexibility index (Phi) is 8.81. The standard InChI is InChI=1S/C65H63BN2OS2/c1-36-29-46-48(64(9,10)27-25-62(46,5)6)33-50(36)67-57-45-32-47-49(65(11,12)28-26-63(47,7)8)34-54(45)71-60(57)66-56-43(31-44-39-17-13-15-19-52(39)69-59(44)58(56)67)41-30-42-40-18-14-16-20-53(40)70-55(42)35-51(41)68(66)38-23-21-37(22-24-38)61(2,3)4/h13-24,29-35H,25-28H2,1-12H3. The normalized spacial score (nSPS) is 18.3. The fourth-order valence-electron chi connectivity index (χ4n) is 13.6. The maximum atomic E-state index is 7.40. The molecule has 5 heterocycles. The molecule has 0 fully saturated rings. The summed E-state index contributed by atoms with van der Waals surface area (Å²) >= 11 is 3.95. The van der Waals surface area contributed by atoms with Gasteiger partial charge in [0.1, 0.15) is 5.58 Å². The molecule has 14 rings (SSSR count). The van der Waals surface area contributed by atoms with E-state index in [4.69, 9.17) is 4.42 Å². The molecule has 10 aromatic rings. The second-order valence-corrected chi connectivity index (χ2v) is 27.6. The smallest absolute Gasteiger partial charge is 0.343 e. The van der Waals surface area contributed by atoms with Crippen molar-refractivity contribution in [2.24, 2.45) is 0 Å². The predicted octanol–water partition coefficient (Wildman–Crippen LogP) is 18.2. The molecule has 0 amide bonds. The van der Waals surface area contributed by atoms with E-state index in [2.05, 4.69) is 208 Å². The molecule has 71 heavy (non-hydrogen) atoms. The number of fused-ring (bicyclic) bond motifs is 15. The maximum absolute atomic E-state index is 7.40. The Morgan fingerprint density at radius 1 is 0.521 bits per heavy atom. The van der Waals surface area contributed by atoms with Crippen molar-refractivity contribution in [3.8, 4) is 11.1 Å². The van der Waals surface area contributed by atoms with Gasteiger partial charge in [-0.25, -0.2) is 0 Å². The molecule has 3 nitrogen and oxygen atoms in total. The van der Waals surface area contributed by atoms with Crippen molar-refractivity contribution in [2.45, 2.75) is 136 Å².